The van der Waals surface area contributed by atoms with Crippen LogP contribution in [0.5, 0.6) is 0 Å². The Morgan fingerprint density at radius 3 is 2.00 bits per heavy atom. The molecule has 0 N–H and O–H groups in total. The second kappa shape index (κ2) is 13.5. The summed E-state index contributed by atoms with van der Waals surface area (Å²) in [6.07, 6.45) is 7.74. The first-order valence-electron chi connectivity index (χ1n) is 12.6. The summed E-state index contributed by atoms with van der Waals surface area (Å²) < 4.78 is 12.3. The van der Waals surface area contributed by atoms with Gasteiger partial charge in [-0.1, -0.05) is 114 Å². The summed E-state index contributed by atoms with van der Waals surface area (Å²) in [5.74, 6) is -0.331. The fourth-order valence-corrected chi connectivity index (χ4v) is 7.59. The zero-order chi connectivity index (χ0) is 24.2. The SMILES string of the molecule is CCCCCC(/C=C/C(=O)OC)(c1ccccc1)C(O[Si](CC)(CC)CC)c1ccccc1. The summed E-state index contributed by atoms with van der Waals surface area (Å²) in [4.78, 5) is 12.3. The topological polar surface area (TPSA) is 35.5 Å². The first kappa shape index (κ1) is 27.1. The lowest BCUT2D eigenvalue weighted by Crippen LogP contribution is -2.44. The number of rotatable bonds is 14. The van der Waals surface area contributed by atoms with Crippen LogP contribution >= 0.6 is 0 Å². The van der Waals surface area contributed by atoms with E-state index in [9.17, 15) is 4.79 Å². The number of esters is 1. The summed E-state index contributed by atoms with van der Waals surface area (Å²) in [6, 6.07) is 24.4. The molecule has 2 unspecified atom stereocenters. The van der Waals surface area contributed by atoms with E-state index in [1.54, 1.807) is 6.08 Å². The van der Waals surface area contributed by atoms with Crippen molar-refractivity contribution in [2.45, 2.75) is 83.0 Å². The van der Waals surface area contributed by atoms with Crippen LogP contribution in [0.3, 0.4) is 0 Å². The number of carbonyl (C=O) groups excluding carboxylic acids is 1. The average Bonchev–Trinajstić information content (AvgIpc) is 2.88. The summed E-state index contributed by atoms with van der Waals surface area (Å²) in [5.41, 5.74) is 1.88. The van der Waals surface area contributed by atoms with E-state index in [1.807, 2.05) is 6.07 Å². The highest BCUT2D eigenvalue weighted by Crippen LogP contribution is 2.48. The lowest BCUT2D eigenvalue weighted by atomic mass is 9.69. The number of benzene rings is 2. The maximum Gasteiger partial charge on any atom is 0.330 e. The Bertz CT molecular complexity index is 837. The number of carbonyl (C=O) groups is 1. The third kappa shape index (κ3) is 6.91. The number of ether oxygens (including phenoxy) is 1. The Hall–Kier alpha value is -2.17. The highest BCUT2D eigenvalue weighted by atomic mass is 28.4. The Balaban J connectivity index is 2.78. The van der Waals surface area contributed by atoms with Gasteiger partial charge in [-0.15, -0.1) is 0 Å². The van der Waals surface area contributed by atoms with E-state index in [-0.39, 0.29) is 12.1 Å². The molecule has 0 aliphatic carbocycles. The minimum atomic E-state index is -1.97. The van der Waals surface area contributed by atoms with Gasteiger partial charge in [0.15, 0.2) is 8.32 Å². The maximum atomic E-state index is 12.3. The molecule has 0 aliphatic heterocycles. The zero-order valence-corrected chi connectivity index (χ0v) is 22.2. The summed E-state index contributed by atoms with van der Waals surface area (Å²) in [6.45, 7) is 9.04. The van der Waals surface area contributed by atoms with Gasteiger partial charge < -0.3 is 9.16 Å². The molecule has 2 atom stereocenters. The van der Waals surface area contributed by atoms with Gasteiger partial charge in [0.25, 0.3) is 0 Å². The number of unbranched alkanes of at least 4 members (excludes halogenated alkanes) is 2. The molecule has 0 saturated carbocycles. The normalized spacial score (nSPS) is 14.7. The van der Waals surface area contributed by atoms with Gasteiger partial charge in [0.2, 0.25) is 0 Å². The Kier molecular flexibility index (Phi) is 11.1. The van der Waals surface area contributed by atoms with Crippen molar-refractivity contribution in [1.29, 1.82) is 0 Å². The van der Waals surface area contributed by atoms with Gasteiger partial charge in [-0.25, -0.2) is 4.79 Å². The molecule has 4 heteroatoms. The minimum absolute atomic E-state index is 0.176. The molecule has 0 radical (unpaired) electrons. The Morgan fingerprint density at radius 1 is 0.909 bits per heavy atom. The lowest BCUT2D eigenvalue weighted by Gasteiger charge is -2.44. The van der Waals surface area contributed by atoms with Gasteiger partial charge in [0.05, 0.1) is 13.2 Å². The summed E-state index contributed by atoms with van der Waals surface area (Å²) >= 11 is 0. The van der Waals surface area contributed by atoms with Crippen LogP contribution < -0.4 is 0 Å². The van der Waals surface area contributed by atoms with Crippen LogP contribution in [0.2, 0.25) is 18.1 Å². The minimum Gasteiger partial charge on any atom is -0.466 e. The average molecular weight is 467 g/mol. The molecule has 0 amide bonds. The Labute approximate surface area is 202 Å². The second-order valence-corrected chi connectivity index (χ2v) is 13.6. The molecule has 33 heavy (non-hydrogen) atoms. The van der Waals surface area contributed by atoms with Crippen molar-refractivity contribution < 1.29 is 14.0 Å². The van der Waals surface area contributed by atoms with Crippen molar-refractivity contribution in [2.24, 2.45) is 0 Å². The molecule has 0 spiro atoms. The first-order chi connectivity index (χ1) is 16.0. The van der Waals surface area contributed by atoms with Crippen LogP contribution in [0.1, 0.15) is 70.6 Å². The van der Waals surface area contributed by atoms with Crippen LogP contribution in [0.15, 0.2) is 72.8 Å². The number of methoxy groups -OCH3 is 1. The standard InChI is InChI=1S/C29H42O3Si/c1-6-10-17-23-29(24-22-27(30)31-5,26-20-15-12-16-21-26)28(25-18-13-11-14-19-25)32-33(7-2,8-3)9-4/h11-16,18-22,24,28H,6-10,17,23H2,1-5H3/b24-22+. The van der Waals surface area contributed by atoms with E-state index in [2.05, 4.69) is 88.4 Å². The van der Waals surface area contributed by atoms with Gasteiger partial charge in [-0.05, 0) is 35.7 Å². The van der Waals surface area contributed by atoms with Gasteiger partial charge >= 0.3 is 5.97 Å². The number of hydrogen-bond donors (Lipinski definition) is 0. The van der Waals surface area contributed by atoms with E-state index in [4.69, 9.17) is 9.16 Å². The predicted octanol–water partition coefficient (Wildman–Crippen LogP) is 8.00. The van der Waals surface area contributed by atoms with E-state index in [1.165, 1.54) is 18.2 Å². The Morgan fingerprint density at radius 2 is 1.48 bits per heavy atom. The van der Waals surface area contributed by atoms with Crippen LogP contribution in [0, 0.1) is 0 Å². The van der Waals surface area contributed by atoms with Crippen molar-refractivity contribution in [2.75, 3.05) is 7.11 Å². The third-order valence-corrected chi connectivity index (χ3v) is 11.7. The van der Waals surface area contributed by atoms with Crippen molar-refractivity contribution in [1.82, 2.24) is 0 Å². The fraction of sp³-hybridized carbons (Fsp3) is 0.483. The summed E-state index contributed by atoms with van der Waals surface area (Å²) in [5, 5.41) is 0. The van der Waals surface area contributed by atoms with Crippen molar-refractivity contribution in [3.05, 3.63) is 83.9 Å². The molecular formula is C29H42O3Si. The molecular weight excluding hydrogens is 424 g/mol. The quantitative estimate of drug-likeness (QED) is 0.122. The molecule has 2 rings (SSSR count). The molecule has 2 aromatic rings. The molecule has 180 valence electrons. The molecule has 0 fully saturated rings. The van der Waals surface area contributed by atoms with Crippen LogP contribution in [-0.2, 0) is 19.4 Å². The van der Waals surface area contributed by atoms with Crippen molar-refractivity contribution in [3.63, 3.8) is 0 Å². The molecule has 3 nitrogen and oxygen atoms in total. The van der Waals surface area contributed by atoms with E-state index < -0.39 is 13.7 Å². The molecule has 0 aliphatic rings. The van der Waals surface area contributed by atoms with E-state index in [0.717, 1.165) is 43.8 Å². The lowest BCUT2D eigenvalue weighted by molar-refractivity contribution is -0.134. The largest absolute Gasteiger partial charge is 0.466 e. The highest BCUT2D eigenvalue weighted by molar-refractivity contribution is 6.73. The third-order valence-electron chi connectivity index (χ3n) is 7.09. The molecule has 0 saturated heterocycles. The molecule has 0 bridgehead atoms. The molecule has 0 aromatic heterocycles. The fourth-order valence-electron chi connectivity index (χ4n) is 4.74. The smallest absolute Gasteiger partial charge is 0.330 e. The monoisotopic (exact) mass is 466 g/mol. The van der Waals surface area contributed by atoms with Gasteiger partial charge in [-0.2, -0.15) is 0 Å². The highest BCUT2D eigenvalue weighted by Gasteiger charge is 2.44. The summed E-state index contributed by atoms with van der Waals surface area (Å²) in [7, 11) is -0.535. The number of hydrogen-bond acceptors (Lipinski definition) is 3. The van der Waals surface area contributed by atoms with Gasteiger partial charge in [0, 0.05) is 11.5 Å². The van der Waals surface area contributed by atoms with E-state index >= 15 is 0 Å². The maximum absolute atomic E-state index is 12.3. The van der Waals surface area contributed by atoms with Crippen molar-refractivity contribution in [3.8, 4) is 0 Å². The molecule has 2 aromatic carbocycles. The first-order valence-corrected chi connectivity index (χ1v) is 15.1. The van der Waals surface area contributed by atoms with E-state index in [0.29, 0.717) is 0 Å². The zero-order valence-electron chi connectivity index (χ0n) is 21.2. The van der Waals surface area contributed by atoms with Crippen LogP contribution in [0.4, 0.5) is 0 Å². The predicted molar refractivity (Wildman–Crippen MR) is 141 cm³/mol. The van der Waals surface area contributed by atoms with Gasteiger partial charge in [0.1, 0.15) is 0 Å². The van der Waals surface area contributed by atoms with Crippen LogP contribution in [-0.4, -0.2) is 21.4 Å². The second-order valence-electron chi connectivity index (χ2n) is 8.87. The van der Waals surface area contributed by atoms with Gasteiger partial charge in [-0.3, -0.25) is 0 Å². The van der Waals surface area contributed by atoms with Crippen LogP contribution in [0.25, 0.3) is 0 Å². The van der Waals surface area contributed by atoms with Crippen molar-refractivity contribution >= 4 is 14.3 Å². The molecule has 0 heterocycles.